The van der Waals surface area contributed by atoms with Gasteiger partial charge < -0.3 is 4.98 Å². The number of aromatic nitrogens is 1. The zero-order valence-corrected chi connectivity index (χ0v) is 15.8. The Morgan fingerprint density at radius 3 is 2.12 bits per heavy atom. The number of benzene rings is 2. The molecule has 0 aliphatic carbocycles. The lowest BCUT2D eigenvalue weighted by molar-refractivity contribution is -0.137. The van der Waals surface area contributed by atoms with Crippen molar-refractivity contribution in [3.63, 3.8) is 0 Å². The van der Waals surface area contributed by atoms with Crippen molar-refractivity contribution in [3.8, 4) is 11.3 Å². The highest BCUT2D eigenvalue weighted by atomic mass is 79.9. The molecule has 0 amide bonds. The number of hydrogen-bond donors (Lipinski definition) is 1. The van der Waals surface area contributed by atoms with Gasteiger partial charge >= 0.3 is 6.18 Å². The van der Waals surface area contributed by atoms with E-state index >= 15 is 0 Å². The predicted octanol–water partition coefficient (Wildman–Crippen LogP) is 7.05. The van der Waals surface area contributed by atoms with E-state index in [0.717, 1.165) is 50.8 Å². The van der Waals surface area contributed by atoms with Crippen molar-refractivity contribution in [2.75, 3.05) is 0 Å². The van der Waals surface area contributed by atoms with Crippen molar-refractivity contribution >= 4 is 26.8 Å². The minimum absolute atomic E-state index is 0.158. The van der Waals surface area contributed by atoms with Gasteiger partial charge in [-0.15, -0.1) is 0 Å². The van der Waals surface area contributed by atoms with E-state index in [4.69, 9.17) is 0 Å². The highest BCUT2D eigenvalue weighted by Gasteiger charge is 2.31. The Balaban J connectivity index is 2.26. The van der Waals surface area contributed by atoms with Gasteiger partial charge in [-0.05, 0) is 40.3 Å². The zero-order valence-electron chi connectivity index (χ0n) is 14.3. The molecule has 0 spiro atoms. The van der Waals surface area contributed by atoms with Crippen molar-refractivity contribution in [1.29, 1.82) is 0 Å². The Labute approximate surface area is 153 Å². The van der Waals surface area contributed by atoms with Crippen LogP contribution in [0.2, 0.25) is 0 Å². The summed E-state index contributed by atoms with van der Waals surface area (Å²) in [6.45, 7) is 6.36. The van der Waals surface area contributed by atoms with Crippen LogP contribution in [0, 0.1) is 0 Å². The van der Waals surface area contributed by atoms with Crippen LogP contribution < -0.4 is 0 Å². The Morgan fingerprint density at radius 1 is 0.960 bits per heavy atom. The summed E-state index contributed by atoms with van der Waals surface area (Å²) in [5.74, 6) is 0. The molecule has 1 aromatic heterocycles. The summed E-state index contributed by atoms with van der Waals surface area (Å²) in [4.78, 5) is 3.42. The Bertz CT molecular complexity index is 900. The maximum atomic E-state index is 12.8. The number of nitrogens with one attached hydrogen (secondary N) is 1. The molecular formula is C20H19BrF3N. The minimum atomic E-state index is -4.32. The van der Waals surface area contributed by atoms with E-state index in [-0.39, 0.29) is 5.41 Å². The van der Waals surface area contributed by atoms with Gasteiger partial charge in [-0.2, -0.15) is 13.2 Å². The summed E-state index contributed by atoms with van der Waals surface area (Å²) in [6, 6.07) is 11.4. The van der Waals surface area contributed by atoms with Crippen LogP contribution >= 0.6 is 15.9 Å². The highest BCUT2D eigenvalue weighted by Crippen LogP contribution is 2.41. The average molecular weight is 410 g/mol. The fourth-order valence-electron chi connectivity index (χ4n) is 3.23. The lowest BCUT2D eigenvalue weighted by Crippen LogP contribution is -2.12. The number of H-pyrrole nitrogens is 1. The van der Waals surface area contributed by atoms with Crippen molar-refractivity contribution in [2.45, 2.75) is 37.7 Å². The average Bonchev–Trinajstić information content (AvgIpc) is 2.93. The van der Waals surface area contributed by atoms with E-state index in [1.165, 1.54) is 12.1 Å². The molecule has 0 saturated heterocycles. The maximum Gasteiger partial charge on any atom is 0.416 e. The second-order valence-electron chi connectivity index (χ2n) is 7.17. The number of alkyl halides is 4. The summed E-state index contributed by atoms with van der Waals surface area (Å²) in [5, 5.41) is 1.86. The first-order chi connectivity index (χ1) is 11.6. The number of hydrogen-bond acceptors (Lipinski definition) is 0. The standard InChI is InChI=1S/C20H19BrF3N/c1-19(2,3)17-16-13(11-21)5-4-6-15(16)25-18(17)12-7-9-14(10-8-12)20(22,23)24/h4-10,25H,11H2,1-3H3. The molecule has 0 fully saturated rings. The lowest BCUT2D eigenvalue weighted by atomic mass is 9.82. The summed E-state index contributed by atoms with van der Waals surface area (Å²) in [6.07, 6.45) is -4.32. The van der Waals surface area contributed by atoms with Gasteiger partial charge in [0.15, 0.2) is 0 Å². The van der Waals surface area contributed by atoms with Gasteiger partial charge in [-0.3, -0.25) is 0 Å². The van der Waals surface area contributed by atoms with Crippen LogP contribution in [0.25, 0.3) is 22.2 Å². The van der Waals surface area contributed by atoms with Crippen LogP contribution in [-0.4, -0.2) is 4.98 Å². The van der Waals surface area contributed by atoms with Gasteiger partial charge in [-0.25, -0.2) is 0 Å². The van der Waals surface area contributed by atoms with Crippen molar-refractivity contribution < 1.29 is 13.2 Å². The zero-order chi connectivity index (χ0) is 18.4. The number of halogens is 4. The van der Waals surface area contributed by atoms with Gasteiger partial charge in [0, 0.05) is 16.2 Å². The lowest BCUT2D eigenvalue weighted by Gasteiger charge is -2.21. The predicted molar refractivity (Wildman–Crippen MR) is 100 cm³/mol. The van der Waals surface area contributed by atoms with Gasteiger partial charge in [-0.1, -0.05) is 61.0 Å². The Hall–Kier alpha value is -1.75. The molecule has 0 aliphatic heterocycles. The number of aromatic amines is 1. The molecule has 0 unspecified atom stereocenters. The largest absolute Gasteiger partial charge is 0.416 e. The second kappa shape index (κ2) is 6.20. The topological polar surface area (TPSA) is 15.8 Å². The van der Waals surface area contributed by atoms with Crippen LogP contribution in [0.1, 0.15) is 37.5 Å². The molecule has 0 atom stereocenters. The molecule has 25 heavy (non-hydrogen) atoms. The summed E-state index contributed by atoms with van der Waals surface area (Å²) in [5.41, 5.74) is 4.13. The molecular weight excluding hydrogens is 391 g/mol. The molecule has 132 valence electrons. The van der Waals surface area contributed by atoms with Gasteiger partial charge in [0.05, 0.1) is 11.3 Å². The van der Waals surface area contributed by atoms with Crippen LogP contribution in [-0.2, 0) is 16.9 Å². The summed E-state index contributed by atoms with van der Waals surface area (Å²) in [7, 11) is 0. The molecule has 3 rings (SSSR count). The third-order valence-electron chi connectivity index (χ3n) is 4.31. The smallest absolute Gasteiger partial charge is 0.354 e. The van der Waals surface area contributed by atoms with E-state index in [9.17, 15) is 13.2 Å². The van der Waals surface area contributed by atoms with Crippen LogP contribution in [0.4, 0.5) is 13.2 Å². The molecule has 0 bridgehead atoms. The molecule has 0 aliphatic rings. The van der Waals surface area contributed by atoms with E-state index in [1.807, 2.05) is 12.1 Å². The second-order valence-corrected chi connectivity index (χ2v) is 7.73. The number of rotatable bonds is 2. The van der Waals surface area contributed by atoms with E-state index < -0.39 is 11.7 Å². The maximum absolute atomic E-state index is 12.8. The van der Waals surface area contributed by atoms with E-state index in [0.29, 0.717) is 0 Å². The molecule has 1 heterocycles. The normalized spacial score (nSPS) is 12.8. The monoisotopic (exact) mass is 409 g/mol. The Kier molecular flexibility index (Phi) is 4.48. The van der Waals surface area contributed by atoms with Crippen LogP contribution in [0.5, 0.6) is 0 Å². The molecule has 0 radical (unpaired) electrons. The molecule has 1 nitrogen and oxygen atoms in total. The van der Waals surface area contributed by atoms with Crippen molar-refractivity contribution in [3.05, 3.63) is 59.2 Å². The van der Waals surface area contributed by atoms with Crippen molar-refractivity contribution in [1.82, 2.24) is 4.98 Å². The van der Waals surface area contributed by atoms with Gasteiger partial charge in [0.25, 0.3) is 0 Å². The highest BCUT2D eigenvalue weighted by molar-refractivity contribution is 9.08. The number of fused-ring (bicyclic) bond motifs is 1. The SMILES string of the molecule is CC(C)(C)c1c(-c2ccc(C(F)(F)F)cc2)[nH]c2cccc(CBr)c12. The van der Waals surface area contributed by atoms with Crippen LogP contribution in [0.15, 0.2) is 42.5 Å². The van der Waals surface area contributed by atoms with Crippen molar-refractivity contribution in [2.24, 2.45) is 0 Å². The first kappa shape index (κ1) is 18.1. The molecule has 1 N–H and O–H groups in total. The fraction of sp³-hybridized carbons (Fsp3) is 0.300. The first-order valence-electron chi connectivity index (χ1n) is 8.00. The third kappa shape index (κ3) is 3.34. The van der Waals surface area contributed by atoms with E-state index in [2.05, 4.69) is 47.8 Å². The molecule has 2 aromatic carbocycles. The Morgan fingerprint density at radius 2 is 1.60 bits per heavy atom. The molecule has 0 saturated carbocycles. The van der Waals surface area contributed by atoms with Gasteiger partial charge in [0.2, 0.25) is 0 Å². The van der Waals surface area contributed by atoms with E-state index in [1.54, 1.807) is 0 Å². The molecule has 3 aromatic rings. The molecule has 5 heteroatoms. The summed E-state index contributed by atoms with van der Waals surface area (Å²) >= 11 is 3.54. The quantitative estimate of drug-likeness (QED) is 0.436. The fourth-order valence-corrected chi connectivity index (χ4v) is 3.69. The first-order valence-corrected chi connectivity index (χ1v) is 9.12. The minimum Gasteiger partial charge on any atom is -0.354 e. The third-order valence-corrected chi connectivity index (χ3v) is 4.91. The van der Waals surface area contributed by atoms with Crippen LogP contribution in [0.3, 0.4) is 0 Å². The summed E-state index contributed by atoms with van der Waals surface area (Å²) < 4.78 is 38.5. The van der Waals surface area contributed by atoms with Gasteiger partial charge in [0.1, 0.15) is 0 Å².